The van der Waals surface area contributed by atoms with Crippen molar-refractivity contribution in [3.8, 4) is 0 Å². The molecule has 2 N–H and O–H groups in total. The molecule has 2 amide bonds. The second-order valence-electron chi connectivity index (χ2n) is 9.33. The number of benzene rings is 4. The predicted octanol–water partition coefficient (Wildman–Crippen LogP) is 7.90. The van der Waals surface area contributed by atoms with E-state index in [0.717, 1.165) is 35.9 Å². The highest BCUT2D eigenvalue weighted by Crippen LogP contribution is 2.33. The number of hydrogen-bond acceptors (Lipinski definition) is 9. The summed E-state index contributed by atoms with van der Waals surface area (Å²) in [5.41, 5.74) is 3.95. The second kappa shape index (κ2) is 13.5. The number of aromatic nitrogens is 3. The van der Waals surface area contributed by atoms with Crippen molar-refractivity contribution < 1.29 is 9.59 Å². The van der Waals surface area contributed by atoms with Gasteiger partial charge in [-0.1, -0.05) is 108 Å². The number of carbonyl (C=O) groups is 2. The van der Waals surface area contributed by atoms with Gasteiger partial charge in [0, 0.05) is 17.9 Å². The Labute approximate surface area is 259 Å². The summed E-state index contributed by atoms with van der Waals surface area (Å²) >= 11 is 5.85. The standard InChI is InChI=1S/C31H25N5O2S4/c37-27(16-13-20-7-2-1-3-8-20)32-23-14-15-25-26(17-23)41-30(33-25)40-19-28(38)34-29-35-36-31(42-29)39-18-22-11-6-10-21-9-4-5-12-24(21)22/h1-12,14-15,17H,13,16,18-19H2,(H,32,37)(H,34,35,38). The monoisotopic (exact) mass is 627 g/mol. The molecule has 0 saturated carbocycles. The van der Waals surface area contributed by atoms with Crippen LogP contribution in [0, 0.1) is 0 Å². The minimum Gasteiger partial charge on any atom is -0.326 e. The number of nitrogens with zero attached hydrogens (tertiary/aromatic N) is 3. The smallest absolute Gasteiger partial charge is 0.236 e. The molecule has 0 aliphatic heterocycles. The van der Waals surface area contributed by atoms with E-state index in [0.29, 0.717) is 18.0 Å². The highest BCUT2D eigenvalue weighted by atomic mass is 32.2. The zero-order valence-electron chi connectivity index (χ0n) is 22.3. The Kier molecular flexibility index (Phi) is 9.09. The Morgan fingerprint density at radius 1 is 0.762 bits per heavy atom. The summed E-state index contributed by atoms with van der Waals surface area (Å²) in [4.78, 5) is 29.7. The molecule has 2 aromatic heterocycles. The zero-order valence-corrected chi connectivity index (χ0v) is 25.5. The lowest BCUT2D eigenvalue weighted by Crippen LogP contribution is -2.13. The Bertz CT molecular complexity index is 1850. The van der Waals surface area contributed by atoms with Gasteiger partial charge in [-0.15, -0.1) is 21.5 Å². The number of amides is 2. The van der Waals surface area contributed by atoms with Crippen molar-refractivity contribution in [1.29, 1.82) is 0 Å². The molecule has 0 unspecified atom stereocenters. The number of hydrogen-bond donors (Lipinski definition) is 2. The number of thiazole rings is 1. The van der Waals surface area contributed by atoms with Gasteiger partial charge in [0.1, 0.15) is 0 Å². The summed E-state index contributed by atoms with van der Waals surface area (Å²) in [7, 11) is 0. The average molecular weight is 628 g/mol. The summed E-state index contributed by atoms with van der Waals surface area (Å²) in [5, 5.41) is 17.1. The van der Waals surface area contributed by atoms with Gasteiger partial charge < -0.3 is 5.32 Å². The molecule has 0 saturated heterocycles. The maximum absolute atomic E-state index is 12.6. The first-order chi connectivity index (χ1) is 20.6. The van der Waals surface area contributed by atoms with Crippen LogP contribution < -0.4 is 10.6 Å². The SMILES string of the molecule is O=C(CCc1ccccc1)Nc1ccc2nc(SCC(=O)Nc3nnc(SCc4cccc5ccccc45)s3)sc2c1. The van der Waals surface area contributed by atoms with Crippen LogP contribution in [0.1, 0.15) is 17.5 Å². The van der Waals surface area contributed by atoms with Crippen molar-refractivity contribution in [2.24, 2.45) is 0 Å². The molecule has 6 aromatic rings. The molecule has 11 heteroatoms. The molecule has 42 heavy (non-hydrogen) atoms. The maximum Gasteiger partial charge on any atom is 0.236 e. The van der Waals surface area contributed by atoms with Crippen molar-refractivity contribution in [3.63, 3.8) is 0 Å². The Hall–Kier alpha value is -3.77. The molecule has 0 bridgehead atoms. The van der Waals surface area contributed by atoms with Gasteiger partial charge in [0.25, 0.3) is 0 Å². The number of anilines is 2. The zero-order chi connectivity index (χ0) is 28.7. The van der Waals surface area contributed by atoms with Gasteiger partial charge in [0.05, 0.1) is 16.0 Å². The van der Waals surface area contributed by atoms with Crippen LogP contribution in [-0.4, -0.2) is 32.7 Å². The molecule has 0 aliphatic carbocycles. The highest BCUT2D eigenvalue weighted by molar-refractivity contribution is 8.01. The van der Waals surface area contributed by atoms with Gasteiger partial charge in [0.2, 0.25) is 16.9 Å². The lowest BCUT2D eigenvalue weighted by molar-refractivity contribution is -0.116. The molecule has 0 aliphatic rings. The number of rotatable bonds is 11. The predicted molar refractivity (Wildman–Crippen MR) is 176 cm³/mol. The maximum atomic E-state index is 12.6. The van der Waals surface area contributed by atoms with Gasteiger partial charge in [-0.05, 0) is 46.5 Å². The third-order valence-electron chi connectivity index (χ3n) is 6.35. The van der Waals surface area contributed by atoms with Gasteiger partial charge in [0.15, 0.2) is 8.68 Å². The largest absolute Gasteiger partial charge is 0.326 e. The third kappa shape index (κ3) is 7.35. The Balaban J connectivity index is 0.980. The van der Waals surface area contributed by atoms with Gasteiger partial charge >= 0.3 is 0 Å². The van der Waals surface area contributed by atoms with Crippen LogP contribution in [0.25, 0.3) is 21.0 Å². The van der Waals surface area contributed by atoms with E-state index in [9.17, 15) is 9.59 Å². The van der Waals surface area contributed by atoms with Gasteiger partial charge in [-0.3, -0.25) is 14.9 Å². The van der Waals surface area contributed by atoms with Crippen LogP contribution in [0.15, 0.2) is 99.7 Å². The first kappa shape index (κ1) is 28.4. The molecule has 2 heterocycles. The minimum atomic E-state index is -0.160. The van der Waals surface area contributed by atoms with E-state index < -0.39 is 0 Å². The highest BCUT2D eigenvalue weighted by Gasteiger charge is 2.13. The summed E-state index contributed by atoms with van der Waals surface area (Å²) < 4.78 is 2.55. The van der Waals surface area contributed by atoms with E-state index in [2.05, 4.69) is 56.1 Å². The van der Waals surface area contributed by atoms with E-state index in [1.807, 2.05) is 60.7 Å². The molecule has 210 valence electrons. The van der Waals surface area contributed by atoms with E-state index in [4.69, 9.17) is 0 Å². The second-order valence-corrected chi connectivity index (χ2v) is 13.8. The van der Waals surface area contributed by atoms with Crippen molar-refractivity contribution in [2.45, 2.75) is 27.3 Å². The number of aryl methyl sites for hydroxylation is 1. The van der Waals surface area contributed by atoms with Crippen LogP contribution in [0.3, 0.4) is 0 Å². The van der Waals surface area contributed by atoms with Crippen LogP contribution >= 0.6 is 46.2 Å². The minimum absolute atomic E-state index is 0.0271. The van der Waals surface area contributed by atoms with Crippen LogP contribution in [0.2, 0.25) is 0 Å². The van der Waals surface area contributed by atoms with Crippen LogP contribution in [-0.2, 0) is 21.8 Å². The van der Waals surface area contributed by atoms with Crippen molar-refractivity contribution in [3.05, 3.63) is 102 Å². The molecule has 4 aromatic carbocycles. The fraction of sp³-hybridized carbons (Fsp3) is 0.129. The normalized spacial score (nSPS) is 11.1. The number of nitrogens with one attached hydrogen (secondary N) is 2. The fourth-order valence-electron chi connectivity index (χ4n) is 4.33. The lowest BCUT2D eigenvalue weighted by Gasteiger charge is -2.05. The molecule has 7 nitrogen and oxygen atoms in total. The first-order valence-electron chi connectivity index (χ1n) is 13.2. The molecule has 0 spiro atoms. The van der Waals surface area contributed by atoms with Crippen LogP contribution in [0.5, 0.6) is 0 Å². The van der Waals surface area contributed by atoms with Gasteiger partial charge in [-0.2, -0.15) is 0 Å². The fourth-order valence-corrected chi connectivity index (χ4v) is 8.01. The van der Waals surface area contributed by atoms with E-state index >= 15 is 0 Å². The van der Waals surface area contributed by atoms with Crippen molar-refractivity contribution in [1.82, 2.24) is 15.2 Å². The molecule has 6 rings (SSSR count). The first-order valence-corrected chi connectivity index (χ1v) is 16.8. The topological polar surface area (TPSA) is 96.9 Å². The third-order valence-corrected chi connectivity index (χ3v) is 10.5. The number of fused-ring (bicyclic) bond motifs is 2. The van der Waals surface area contributed by atoms with Crippen LogP contribution in [0.4, 0.5) is 10.8 Å². The Morgan fingerprint density at radius 2 is 1.60 bits per heavy atom. The lowest BCUT2D eigenvalue weighted by atomic mass is 10.1. The summed E-state index contributed by atoms with van der Waals surface area (Å²) in [6.07, 6.45) is 1.11. The summed E-state index contributed by atoms with van der Waals surface area (Å²) in [5.74, 6) is 0.797. The van der Waals surface area contributed by atoms with Gasteiger partial charge in [-0.25, -0.2) is 4.98 Å². The average Bonchev–Trinajstić information content (AvgIpc) is 3.64. The molecular weight excluding hydrogens is 603 g/mol. The molecular formula is C31H25N5O2S4. The molecule has 0 atom stereocenters. The Morgan fingerprint density at radius 3 is 2.50 bits per heavy atom. The van der Waals surface area contributed by atoms with E-state index in [1.165, 1.54) is 50.8 Å². The summed E-state index contributed by atoms with van der Waals surface area (Å²) in [6, 6.07) is 30.3. The molecule has 0 radical (unpaired) electrons. The van der Waals surface area contributed by atoms with E-state index in [-0.39, 0.29) is 17.6 Å². The van der Waals surface area contributed by atoms with E-state index in [1.54, 1.807) is 11.8 Å². The van der Waals surface area contributed by atoms with Crippen molar-refractivity contribution in [2.75, 3.05) is 16.4 Å². The van der Waals surface area contributed by atoms with Crippen molar-refractivity contribution >= 4 is 89.8 Å². The molecule has 0 fully saturated rings. The number of thioether (sulfide) groups is 2. The number of carbonyl (C=O) groups excluding carboxylic acids is 2. The quantitative estimate of drug-likeness (QED) is 0.111. The summed E-state index contributed by atoms with van der Waals surface area (Å²) in [6.45, 7) is 0.